The lowest BCUT2D eigenvalue weighted by Crippen LogP contribution is -2.44. The largest absolute Gasteiger partial charge is 0.325 e. The van der Waals surface area contributed by atoms with Crippen LogP contribution in [0.3, 0.4) is 0 Å². The van der Waals surface area contributed by atoms with E-state index >= 15 is 0 Å². The molecule has 2 fully saturated rings. The van der Waals surface area contributed by atoms with Crippen LogP contribution >= 0.6 is 11.3 Å². The van der Waals surface area contributed by atoms with E-state index in [4.69, 9.17) is 0 Å². The first kappa shape index (κ1) is 17.5. The predicted molar refractivity (Wildman–Crippen MR) is 98.0 cm³/mol. The van der Waals surface area contributed by atoms with E-state index in [1.54, 1.807) is 0 Å². The molecule has 3 aliphatic rings. The van der Waals surface area contributed by atoms with E-state index in [-0.39, 0.29) is 30.8 Å². The molecule has 1 aromatic rings. The monoisotopic (exact) mass is 376 g/mol. The zero-order valence-electron chi connectivity index (χ0n) is 15.0. The molecule has 26 heavy (non-hydrogen) atoms. The van der Waals surface area contributed by atoms with Crippen LogP contribution in [0.2, 0.25) is 0 Å². The van der Waals surface area contributed by atoms with Gasteiger partial charge in [-0.3, -0.25) is 14.5 Å². The van der Waals surface area contributed by atoms with Gasteiger partial charge in [-0.2, -0.15) is 0 Å². The average molecular weight is 376 g/mol. The van der Waals surface area contributed by atoms with Crippen LogP contribution in [0.15, 0.2) is 0 Å². The molecule has 140 valence electrons. The molecular formula is C18H24N4O3S. The van der Waals surface area contributed by atoms with Gasteiger partial charge in [-0.1, -0.05) is 19.8 Å². The number of urea groups is 1. The average Bonchev–Trinajstić information content (AvgIpc) is 3.26. The summed E-state index contributed by atoms with van der Waals surface area (Å²) in [4.78, 5) is 43.9. The van der Waals surface area contributed by atoms with E-state index in [1.807, 2.05) is 0 Å². The molecule has 1 atom stereocenters. The predicted octanol–water partition coefficient (Wildman–Crippen LogP) is 2.46. The second-order valence-electron chi connectivity index (χ2n) is 7.71. The van der Waals surface area contributed by atoms with E-state index in [0.717, 1.165) is 37.8 Å². The number of nitrogens with one attached hydrogen (secondary N) is 2. The van der Waals surface area contributed by atoms with Crippen LogP contribution in [-0.4, -0.2) is 39.8 Å². The van der Waals surface area contributed by atoms with Crippen LogP contribution in [-0.2, 0) is 22.4 Å². The van der Waals surface area contributed by atoms with Crippen molar-refractivity contribution >= 4 is 34.3 Å². The van der Waals surface area contributed by atoms with Gasteiger partial charge in [0.25, 0.3) is 5.91 Å². The Bertz CT molecular complexity index is 754. The molecule has 8 heteroatoms. The molecule has 1 spiro atoms. The molecule has 2 aliphatic carbocycles. The quantitative estimate of drug-likeness (QED) is 0.790. The van der Waals surface area contributed by atoms with Gasteiger partial charge in [-0.05, 0) is 38.0 Å². The molecule has 2 N–H and O–H groups in total. The van der Waals surface area contributed by atoms with Crippen molar-refractivity contribution in [2.75, 3.05) is 11.9 Å². The lowest BCUT2D eigenvalue weighted by Gasteiger charge is -2.19. The van der Waals surface area contributed by atoms with Gasteiger partial charge >= 0.3 is 6.03 Å². The molecule has 0 aromatic carbocycles. The van der Waals surface area contributed by atoms with Crippen LogP contribution in [0.1, 0.15) is 56.0 Å². The first-order valence-corrected chi connectivity index (χ1v) is 10.2. The summed E-state index contributed by atoms with van der Waals surface area (Å²) in [6.07, 6.45) is 6.52. The van der Waals surface area contributed by atoms with Crippen LogP contribution in [0, 0.1) is 5.92 Å². The van der Waals surface area contributed by atoms with Crippen molar-refractivity contribution in [1.29, 1.82) is 0 Å². The standard InChI is InChI=1S/C18H24N4O3S/c1-11-4-5-12-13(10-11)26-16(19-12)20-14(23)6-9-22-15(24)18(21-17(22)25)7-2-3-8-18/h11H,2-10H2,1H3,(H,21,25)(H,19,20,23)/t11-/m0/s1. The summed E-state index contributed by atoms with van der Waals surface area (Å²) in [5.74, 6) is 0.276. The van der Waals surface area contributed by atoms with Crippen LogP contribution in [0.5, 0.6) is 0 Å². The number of nitrogens with zero attached hydrogens (tertiary/aromatic N) is 2. The van der Waals surface area contributed by atoms with Crippen molar-refractivity contribution in [2.24, 2.45) is 5.92 Å². The Hall–Kier alpha value is -1.96. The number of hydrogen-bond donors (Lipinski definition) is 2. The highest BCUT2D eigenvalue weighted by molar-refractivity contribution is 7.15. The Morgan fingerprint density at radius 1 is 1.38 bits per heavy atom. The minimum atomic E-state index is -0.710. The summed E-state index contributed by atoms with van der Waals surface area (Å²) in [7, 11) is 0. The minimum Gasteiger partial charge on any atom is -0.323 e. The second kappa shape index (κ2) is 6.64. The normalized spacial score (nSPS) is 24.0. The van der Waals surface area contributed by atoms with E-state index < -0.39 is 5.54 Å². The molecular weight excluding hydrogens is 352 g/mol. The zero-order valence-corrected chi connectivity index (χ0v) is 15.8. The number of hydrogen-bond acceptors (Lipinski definition) is 5. The Morgan fingerprint density at radius 2 is 2.15 bits per heavy atom. The summed E-state index contributed by atoms with van der Waals surface area (Å²) in [6.45, 7) is 2.34. The fourth-order valence-corrected chi connectivity index (χ4v) is 5.37. The maximum absolute atomic E-state index is 12.6. The van der Waals surface area contributed by atoms with Crippen LogP contribution < -0.4 is 10.6 Å². The number of rotatable bonds is 4. The smallest absolute Gasteiger partial charge is 0.323 e. The van der Waals surface area contributed by atoms with E-state index in [0.29, 0.717) is 23.9 Å². The van der Waals surface area contributed by atoms with Crippen molar-refractivity contribution in [3.63, 3.8) is 0 Å². The highest BCUT2D eigenvalue weighted by atomic mass is 32.1. The molecule has 4 amide bonds. The number of thiazole rings is 1. The number of amides is 4. The van der Waals surface area contributed by atoms with Crippen LogP contribution in [0.4, 0.5) is 9.93 Å². The highest BCUT2D eigenvalue weighted by Crippen LogP contribution is 2.35. The second-order valence-corrected chi connectivity index (χ2v) is 8.79. The van der Waals surface area contributed by atoms with Crippen molar-refractivity contribution < 1.29 is 14.4 Å². The number of aromatic nitrogens is 1. The third-order valence-electron chi connectivity index (χ3n) is 5.70. The third-order valence-corrected chi connectivity index (χ3v) is 6.73. The van der Waals surface area contributed by atoms with Gasteiger partial charge in [-0.25, -0.2) is 9.78 Å². The van der Waals surface area contributed by atoms with Crippen molar-refractivity contribution in [1.82, 2.24) is 15.2 Å². The number of carbonyl (C=O) groups excluding carboxylic acids is 3. The molecule has 1 saturated heterocycles. The topological polar surface area (TPSA) is 91.4 Å². The zero-order chi connectivity index (χ0) is 18.3. The minimum absolute atomic E-state index is 0.0931. The highest BCUT2D eigenvalue weighted by Gasteiger charge is 2.52. The van der Waals surface area contributed by atoms with Gasteiger partial charge in [0.1, 0.15) is 5.54 Å². The third kappa shape index (κ3) is 3.11. The van der Waals surface area contributed by atoms with E-state index in [9.17, 15) is 14.4 Å². The van der Waals surface area contributed by atoms with Gasteiger partial charge in [0.05, 0.1) is 5.69 Å². The number of fused-ring (bicyclic) bond motifs is 1. The molecule has 7 nitrogen and oxygen atoms in total. The molecule has 4 rings (SSSR count). The fourth-order valence-electron chi connectivity index (χ4n) is 4.19. The van der Waals surface area contributed by atoms with Crippen molar-refractivity contribution in [2.45, 2.75) is 63.8 Å². The Balaban J connectivity index is 1.33. The van der Waals surface area contributed by atoms with Gasteiger partial charge in [0, 0.05) is 17.8 Å². The molecule has 1 aromatic heterocycles. The molecule has 1 saturated carbocycles. The summed E-state index contributed by atoms with van der Waals surface area (Å²) >= 11 is 1.54. The van der Waals surface area contributed by atoms with Gasteiger partial charge in [-0.15, -0.1) is 11.3 Å². The van der Waals surface area contributed by atoms with E-state index in [1.165, 1.54) is 21.1 Å². The molecule has 0 unspecified atom stereocenters. The first-order chi connectivity index (χ1) is 12.5. The summed E-state index contributed by atoms with van der Waals surface area (Å²) in [5.41, 5.74) is 0.388. The van der Waals surface area contributed by atoms with Gasteiger partial charge in [0.2, 0.25) is 5.91 Å². The van der Waals surface area contributed by atoms with Crippen molar-refractivity contribution in [3.05, 3.63) is 10.6 Å². The Labute approximate surface area is 156 Å². The number of aryl methyl sites for hydroxylation is 1. The van der Waals surface area contributed by atoms with Crippen molar-refractivity contribution in [3.8, 4) is 0 Å². The first-order valence-electron chi connectivity index (χ1n) is 9.39. The SMILES string of the molecule is C[C@H]1CCc2nc(NC(=O)CCN3C(=O)NC4(CCCC4)C3=O)sc2C1. The molecule has 1 aliphatic heterocycles. The number of imide groups is 1. The number of carbonyl (C=O) groups is 3. The summed E-state index contributed by atoms with van der Waals surface area (Å²) < 4.78 is 0. The summed E-state index contributed by atoms with van der Waals surface area (Å²) in [5, 5.41) is 6.29. The Morgan fingerprint density at radius 3 is 2.92 bits per heavy atom. The maximum atomic E-state index is 12.6. The van der Waals surface area contributed by atoms with E-state index in [2.05, 4.69) is 22.5 Å². The Kier molecular flexibility index (Phi) is 4.46. The van der Waals surface area contributed by atoms with Crippen LogP contribution in [0.25, 0.3) is 0 Å². The molecule has 0 bridgehead atoms. The summed E-state index contributed by atoms with van der Waals surface area (Å²) in [6, 6.07) is -0.372. The maximum Gasteiger partial charge on any atom is 0.325 e. The lowest BCUT2D eigenvalue weighted by molar-refractivity contribution is -0.131. The molecule has 0 radical (unpaired) electrons. The fraction of sp³-hybridized carbons (Fsp3) is 0.667. The lowest BCUT2D eigenvalue weighted by atomic mass is 9.93. The van der Waals surface area contributed by atoms with Gasteiger partial charge < -0.3 is 10.6 Å². The van der Waals surface area contributed by atoms with Gasteiger partial charge in [0.15, 0.2) is 5.13 Å². The molecule has 2 heterocycles. The number of anilines is 1.